The topological polar surface area (TPSA) is 117 Å². The number of carbonyl (C=O) groups is 4. The number of benzene rings is 2. The molecule has 0 atom stereocenters. The number of aryl methyl sites for hydroxylation is 1. The van der Waals surface area contributed by atoms with Gasteiger partial charge >= 0.3 is 5.97 Å². The van der Waals surface area contributed by atoms with Crippen LogP contribution in [0.5, 0.6) is 0 Å². The second kappa shape index (κ2) is 9.58. The Morgan fingerprint density at radius 2 is 1.94 bits per heavy atom. The lowest BCUT2D eigenvalue weighted by atomic mass is 10.0. The fourth-order valence-electron chi connectivity index (χ4n) is 3.32. The van der Waals surface area contributed by atoms with Crippen LogP contribution in [0.4, 0.5) is 10.5 Å². The van der Waals surface area contributed by atoms with Crippen molar-refractivity contribution in [3.63, 3.8) is 0 Å². The van der Waals surface area contributed by atoms with Crippen LogP contribution in [-0.2, 0) is 9.59 Å². The van der Waals surface area contributed by atoms with Gasteiger partial charge in [0, 0.05) is 22.3 Å². The Kier molecular flexibility index (Phi) is 6.58. The van der Waals surface area contributed by atoms with Crippen LogP contribution in [0, 0.1) is 6.92 Å². The van der Waals surface area contributed by atoms with Gasteiger partial charge in [-0.2, -0.15) is 0 Å². The molecule has 0 bridgehead atoms. The van der Waals surface area contributed by atoms with Gasteiger partial charge in [0.1, 0.15) is 18.1 Å². The van der Waals surface area contributed by atoms with Crippen LogP contribution >= 0.6 is 23.4 Å². The average molecular weight is 497 g/mol. The summed E-state index contributed by atoms with van der Waals surface area (Å²) in [4.78, 5) is 49.5. The van der Waals surface area contributed by atoms with E-state index < -0.39 is 29.6 Å². The van der Waals surface area contributed by atoms with Crippen molar-refractivity contribution in [2.75, 3.05) is 11.9 Å². The molecule has 1 fully saturated rings. The molecule has 3 amide bonds. The van der Waals surface area contributed by atoms with Crippen molar-refractivity contribution >= 4 is 58.1 Å². The second-order valence-electron chi connectivity index (χ2n) is 7.36. The molecule has 4 rings (SSSR count). The van der Waals surface area contributed by atoms with Crippen molar-refractivity contribution in [1.29, 1.82) is 0 Å². The number of carboxylic acids is 1. The lowest BCUT2D eigenvalue weighted by Gasteiger charge is -2.12. The van der Waals surface area contributed by atoms with Crippen molar-refractivity contribution in [2.45, 2.75) is 6.92 Å². The zero-order valence-corrected chi connectivity index (χ0v) is 19.3. The maximum Gasteiger partial charge on any atom is 0.335 e. The first-order chi connectivity index (χ1) is 16.2. The number of nitrogens with one attached hydrogen (secondary N) is 1. The van der Waals surface area contributed by atoms with Gasteiger partial charge in [0.2, 0.25) is 5.91 Å². The molecule has 0 saturated carbocycles. The molecule has 2 heterocycles. The summed E-state index contributed by atoms with van der Waals surface area (Å²) in [6.07, 6.45) is 1.43. The molecule has 2 aromatic carbocycles. The maximum absolute atomic E-state index is 12.7. The van der Waals surface area contributed by atoms with Crippen molar-refractivity contribution in [1.82, 2.24) is 4.90 Å². The molecule has 3 aromatic rings. The van der Waals surface area contributed by atoms with Crippen molar-refractivity contribution in [3.05, 3.63) is 81.4 Å². The van der Waals surface area contributed by atoms with Crippen molar-refractivity contribution in [3.8, 4) is 11.3 Å². The van der Waals surface area contributed by atoms with Gasteiger partial charge in [-0.3, -0.25) is 19.3 Å². The van der Waals surface area contributed by atoms with E-state index in [0.717, 1.165) is 4.90 Å². The molecule has 172 valence electrons. The fourth-order valence-corrected chi connectivity index (χ4v) is 4.33. The van der Waals surface area contributed by atoms with Gasteiger partial charge in [-0.25, -0.2) is 4.79 Å². The normalized spacial score (nSPS) is 14.6. The summed E-state index contributed by atoms with van der Waals surface area (Å²) < 4.78 is 5.79. The summed E-state index contributed by atoms with van der Waals surface area (Å²) in [7, 11) is 0. The predicted octanol–water partition coefficient (Wildman–Crippen LogP) is 5.28. The van der Waals surface area contributed by atoms with Crippen molar-refractivity contribution < 1.29 is 28.7 Å². The third-order valence-electron chi connectivity index (χ3n) is 4.92. The summed E-state index contributed by atoms with van der Waals surface area (Å²) in [6.45, 7) is 1.33. The Hall–Kier alpha value is -3.82. The van der Waals surface area contributed by atoms with E-state index in [-0.39, 0.29) is 10.5 Å². The van der Waals surface area contributed by atoms with Crippen LogP contribution in [0.1, 0.15) is 21.7 Å². The number of anilines is 1. The van der Waals surface area contributed by atoms with E-state index in [1.54, 1.807) is 55.5 Å². The van der Waals surface area contributed by atoms with E-state index in [1.165, 1.54) is 12.1 Å². The quantitative estimate of drug-likeness (QED) is 0.446. The molecule has 0 unspecified atom stereocenters. The maximum atomic E-state index is 12.7. The minimum Gasteiger partial charge on any atom is -0.478 e. The third-order valence-corrected chi connectivity index (χ3v) is 6.07. The van der Waals surface area contributed by atoms with E-state index >= 15 is 0 Å². The zero-order valence-electron chi connectivity index (χ0n) is 17.7. The smallest absolute Gasteiger partial charge is 0.335 e. The van der Waals surface area contributed by atoms with Gasteiger partial charge in [0.15, 0.2) is 0 Å². The number of halogens is 1. The number of imide groups is 1. The number of furan rings is 1. The average Bonchev–Trinajstić information content (AvgIpc) is 3.34. The molecule has 1 aliphatic rings. The van der Waals surface area contributed by atoms with Crippen LogP contribution in [0.3, 0.4) is 0 Å². The lowest BCUT2D eigenvalue weighted by Crippen LogP contribution is -2.36. The Morgan fingerprint density at radius 3 is 2.65 bits per heavy atom. The van der Waals surface area contributed by atoms with Gasteiger partial charge in [0.25, 0.3) is 11.1 Å². The Bertz CT molecular complexity index is 1360. The Morgan fingerprint density at radius 1 is 1.15 bits per heavy atom. The van der Waals surface area contributed by atoms with Gasteiger partial charge in [-0.15, -0.1) is 0 Å². The number of nitrogens with zero attached hydrogens (tertiary/aromatic N) is 1. The number of hydrogen-bond acceptors (Lipinski definition) is 6. The summed E-state index contributed by atoms with van der Waals surface area (Å²) in [5.41, 5.74) is 2.04. The Balaban J connectivity index is 1.47. The monoisotopic (exact) mass is 496 g/mol. The number of rotatable bonds is 6. The molecule has 8 nitrogen and oxygen atoms in total. The summed E-state index contributed by atoms with van der Waals surface area (Å²) in [5, 5.41) is 11.6. The standard InChI is InChI=1S/C24H17ClN2O6S/c1-13-9-14(23(30)31)5-7-18(13)19-8-6-17(33-19)11-20-22(29)27(24(32)34-20)12-21(28)26-16-4-2-3-15(25)10-16/h2-11H,12H2,1H3,(H,26,28)(H,30,31). The van der Waals surface area contributed by atoms with E-state index in [1.807, 2.05) is 0 Å². The fraction of sp³-hybridized carbons (Fsp3) is 0.0833. The number of amides is 3. The van der Waals surface area contributed by atoms with Crippen LogP contribution < -0.4 is 5.32 Å². The first kappa shape index (κ1) is 23.3. The third kappa shape index (κ3) is 5.05. The highest BCUT2D eigenvalue weighted by Crippen LogP contribution is 2.34. The highest BCUT2D eigenvalue weighted by molar-refractivity contribution is 8.18. The molecular formula is C24H17ClN2O6S. The molecule has 0 radical (unpaired) electrons. The first-order valence-corrected chi connectivity index (χ1v) is 11.2. The van der Waals surface area contributed by atoms with Gasteiger partial charge in [-0.1, -0.05) is 23.7 Å². The lowest BCUT2D eigenvalue weighted by molar-refractivity contribution is -0.127. The molecule has 2 N–H and O–H groups in total. The zero-order chi connectivity index (χ0) is 24.4. The van der Waals surface area contributed by atoms with Gasteiger partial charge in [-0.05, 0) is 66.7 Å². The largest absolute Gasteiger partial charge is 0.478 e. The summed E-state index contributed by atoms with van der Waals surface area (Å²) >= 11 is 6.61. The second-order valence-corrected chi connectivity index (χ2v) is 8.79. The number of thioether (sulfide) groups is 1. The highest BCUT2D eigenvalue weighted by Gasteiger charge is 2.36. The Labute approximate surface area is 203 Å². The minimum atomic E-state index is -1.02. The van der Waals surface area contributed by atoms with E-state index in [4.69, 9.17) is 21.1 Å². The van der Waals surface area contributed by atoms with Crippen LogP contribution in [-0.4, -0.2) is 39.6 Å². The predicted molar refractivity (Wildman–Crippen MR) is 129 cm³/mol. The molecule has 0 spiro atoms. The molecular weight excluding hydrogens is 480 g/mol. The van der Waals surface area contributed by atoms with Crippen LogP contribution in [0.25, 0.3) is 17.4 Å². The molecule has 0 aliphatic carbocycles. The number of carboxylic acid groups (broad SMARTS) is 1. The number of carbonyl (C=O) groups excluding carboxylic acids is 3. The SMILES string of the molecule is Cc1cc(C(=O)O)ccc1-c1ccc(C=C2SC(=O)N(CC(=O)Nc3cccc(Cl)c3)C2=O)o1. The molecule has 34 heavy (non-hydrogen) atoms. The molecule has 10 heteroatoms. The van der Waals surface area contributed by atoms with Gasteiger partial charge in [0.05, 0.1) is 10.5 Å². The van der Waals surface area contributed by atoms with Crippen LogP contribution in [0.15, 0.2) is 63.9 Å². The van der Waals surface area contributed by atoms with Crippen LogP contribution in [0.2, 0.25) is 5.02 Å². The summed E-state index contributed by atoms with van der Waals surface area (Å²) in [5.74, 6) is -1.33. The minimum absolute atomic E-state index is 0.124. The first-order valence-electron chi connectivity index (χ1n) is 9.96. The highest BCUT2D eigenvalue weighted by atomic mass is 35.5. The van der Waals surface area contributed by atoms with E-state index in [2.05, 4.69) is 5.32 Å². The molecule has 1 aliphatic heterocycles. The number of aromatic carboxylic acids is 1. The van der Waals surface area contributed by atoms with Crippen molar-refractivity contribution in [2.24, 2.45) is 0 Å². The van der Waals surface area contributed by atoms with E-state index in [0.29, 0.717) is 45.1 Å². The number of hydrogen-bond donors (Lipinski definition) is 2. The summed E-state index contributed by atoms with van der Waals surface area (Å²) in [6, 6.07) is 14.5. The van der Waals surface area contributed by atoms with E-state index in [9.17, 15) is 19.2 Å². The molecule has 1 aromatic heterocycles. The van der Waals surface area contributed by atoms with Gasteiger partial charge < -0.3 is 14.8 Å². The molecule has 1 saturated heterocycles.